The molecule has 0 saturated carbocycles. The highest BCUT2D eigenvalue weighted by Gasteiger charge is 2.25. The Labute approximate surface area is 167 Å². The van der Waals surface area contributed by atoms with Crippen LogP contribution in [-0.4, -0.2) is 64.0 Å². The van der Waals surface area contributed by atoms with Crippen molar-refractivity contribution >= 4 is 39.8 Å². The SMILES string of the molecule is CCNC(=NCC(c1ccco1)N1CCCC1)NCCS(C)(=O)=O.I. The normalized spacial score (nSPS) is 17.1. The zero-order valence-corrected chi connectivity index (χ0v) is 18.0. The Balaban J connectivity index is 0.00000312. The monoisotopic (exact) mass is 484 g/mol. The molecule has 2 rings (SSSR count). The highest BCUT2D eigenvalue weighted by molar-refractivity contribution is 14.0. The fourth-order valence-electron chi connectivity index (χ4n) is 2.79. The van der Waals surface area contributed by atoms with Gasteiger partial charge in [0.25, 0.3) is 0 Å². The van der Waals surface area contributed by atoms with Gasteiger partial charge in [0.05, 0.1) is 24.6 Å². The molecule has 9 heteroatoms. The molecule has 1 aromatic rings. The van der Waals surface area contributed by atoms with Gasteiger partial charge in [-0.15, -0.1) is 24.0 Å². The summed E-state index contributed by atoms with van der Waals surface area (Å²) in [7, 11) is -2.98. The maximum Gasteiger partial charge on any atom is 0.191 e. The standard InChI is InChI=1S/C16H28N4O3S.HI/c1-3-17-16(18-8-12-24(2,21)22)19-13-14(15-7-6-11-23-15)20-9-4-5-10-20;/h6-7,11,14H,3-5,8-10,12-13H2,1-2H3,(H2,17,18,19);1H. The Hall–Kier alpha value is -0.810. The summed E-state index contributed by atoms with van der Waals surface area (Å²) >= 11 is 0. The fraction of sp³-hybridized carbons (Fsp3) is 0.688. The van der Waals surface area contributed by atoms with E-state index in [1.54, 1.807) is 6.26 Å². The molecule has 1 unspecified atom stereocenters. The van der Waals surface area contributed by atoms with Crippen LogP contribution in [0.1, 0.15) is 31.6 Å². The first-order valence-corrected chi connectivity index (χ1v) is 10.5. The summed E-state index contributed by atoms with van der Waals surface area (Å²) in [5, 5.41) is 6.23. The number of hydrogen-bond donors (Lipinski definition) is 2. The molecular weight excluding hydrogens is 455 g/mol. The van der Waals surface area contributed by atoms with Crippen LogP contribution in [0, 0.1) is 0 Å². The van der Waals surface area contributed by atoms with Gasteiger partial charge in [-0.2, -0.15) is 0 Å². The number of guanidine groups is 1. The van der Waals surface area contributed by atoms with Gasteiger partial charge in [-0.1, -0.05) is 0 Å². The van der Waals surface area contributed by atoms with Crippen molar-refractivity contribution < 1.29 is 12.8 Å². The first kappa shape index (κ1) is 22.2. The van der Waals surface area contributed by atoms with Crippen molar-refractivity contribution in [2.75, 3.05) is 44.7 Å². The summed E-state index contributed by atoms with van der Waals surface area (Å²) in [5.41, 5.74) is 0. The van der Waals surface area contributed by atoms with Crippen LogP contribution < -0.4 is 10.6 Å². The summed E-state index contributed by atoms with van der Waals surface area (Å²) in [5.74, 6) is 1.65. The van der Waals surface area contributed by atoms with E-state index in [9.17, 15) is 8.42 Å². The van der Waals surface area contributed by atoms with Gasteiger partial charge in [-0.3, -0.25) is 9.89 Å². The maximum atomic E-state index is 11.2. The van der Waals surface area contributed by atoms with Gasteiger partial charge in [-0.05, 0) is 45.0 Å². The van der Waals surface area contributed by atoms with Crippen LogP contribution in [0.2, 0.25) is 0 Å². The predicted molar refractivity (Wildman–Crippen MR) is 111 cm³/mol. The second kappa shape index (κ2) is 11.0. The lowest BCUT2D eigenvalue weighted by Gasteiger charge is -2.24. The van der Waals surface area contributed by atoms with Gasteiger partial charge in [0.2, 0.25) is 0 Å². The zero-order valence-electron chi connectivity index (χ0n) is 14.9. The topological polar surface area (TPSA) is 86.9 Å². The van der Waals surface area contributed by atoms with Crippen LogP contribution >= 0.6 is 24.0 Å². The minimum absolute atomic E-state index is 0. The van der Waals surface area contributed by atoms with Crippen LogP contribution in [0.3, 0.4) is 0 Å². The molecule has 0 bridgehead atoms. The maximum absolute atomic E-state index is 11.2. The highest BCUT2D eigenvalue weighted by Crippen LogP contribution is 2.25. The average molecular weight is 484 g/mol. The number of hydrogen-bond acceptors (Lipinski definition) is 5. The third kappa shape index (κ3) is 7.95. The summed E-state index contributed by atoms with van der Waals surface area (Å²) in [6.07, 6.45) is 5.33. The Morgan fingerprint density at radius 3 is 2.64 bits per heavy atom. The molecule has 1 aromatic heterocycles. The zero-order chi connectivity index (χ0) is 17.4. The Kier molecular flexibility index (Phi) is 9.80. The third-order valence-corrected chi connectivity index (χ3v) is 4.93. The Morgan fingerprint density at radius 2 is 2.08 bits per heavy atom. The fourth-order valence-corrected chi connectivity index (χ4v) is 3.27. The van der Waals surface area contributed by atoms with Gasteiger partial charge < -0.3 is 15.1 Å². The lowest BCUT2D eigenvalue weighted by molar-refractivity contribution is 0.221. The molecule has 25 heavy (non-hydrogen) atoms. The number of aliphatic imine (C=N–C) groups is 1. The molecule has 0 amide bonds. The van der Waals surface area contributed by atoms with Gasteiger partial charge in [-0.25, -0.2) is 8.42 Å². The summed E-state index contributed by atoms with van der Waals surface area (Å²) in [6, 6.07) is 4.01. The molecule has 0 spiro atoms. The molecule has 1 aliphatic heterocycles. The van der Waals surface area contributed by atoms with Crippen LogP contribution in [-0.2, 0) is 9.84 Å². The number of nitrogens with zero attached hydrogens (tertiary/aromatic N) is 2. The van der Waals surface area contributed by atoms with Crippen molar-refractivity contribution in [3.8, 4) is 0 Å². The van der Waals surface area contributed by atoms with Gasteiger partial charge in [0.1, 0.15) is 15.6 Å². The van der Waals surface area contributed by atoms with Gasteiger partial charge >= 0.3 is 0 Å². The first-order chi connectivity index (χ1) is 11.5. The van der Waals surface area contributed by atoms with E-state index >= 15 is 0 Å². The second-order valence-corrected chi connectivity index (χ2v) is 8.31. The van der Waals surface area contributed by atoms with E-state index < -0.39 is 9.84 Å². The molecule has 1 aliphatic rings. The summed E-state index contributed by atoms with van der Waals surface area (Å²) < 4.78 is 28.1. The number of sulfone groups is 1. The molecule has 0 radical (unpaired) electrons. The number of rotatable bonds is 8. The Morgan fingerprint density at radius 1 is 1.36 bits per heavy atom. The third-order valence-electron chi connectivity index (χ3n) is 3.98. The van der Waals surface area contributed by atoms with E-state index in [1.807, 2.05) is 19.1 Å². The minimum Gasteiger partial charge on any atom is -0.468 e. The average Bonchev–Trinajstić information content (AvgIpc) is 3.20. The number of halogens is 1. The van der Waals surface area contributed by atoms with E-state index in [0.29, 0.717) is 19.0 Å². The smallest absolute Gasteiger partial charge is 0.191 e. The largest absolute Gasteiger partial charge is 0.468 e. The predicted octanol–water partition coefficient (Wildman–Crippen LogP) is 1.63. The molecule has 0 aromatic carbocycles. The molecule has 0 aliphatic carbocycles. The van der Waals surface area contributed by atoms with Crippen molar-refractivity contribution in [1.29, 1.82) is 0 Å². The Bertz CT molecular complexity index is 613. The quantitative estimate of drug-likeness (QED) is 0.332. The van der Waals surface area contributed by atoms with Crippen LogP contribution in [0.15, 0.2) is 27.8 Å². The molecule has 2 N–H and O–H groups in total. The molecular formula is C16H29IN4O3S. The second-order valence-electron chi connectivity index (χ2n) is 6.05. The van der Waals surface area contributed by atoms with Crippen molar-refractivity contribution in [1.82, 2.24) is 15.5 Å². The van der Waals surface area contributed by atoms with Crippen molar-refractivity contribution in [2.24, 2.45) is 4.99 Å². The molecule has 7 nitrogen and oxygen atoms in total. The van der Waals surface area contributed by atoms with E-state index in [0.717, 1.165) is 25.4 Å². The molecule has 1 atom stereocenters. The highest BCUT2D eigenvalue weighted by atomic mass is 127. The van der Waals surface area contributed by atoms with E-state index in [2.05, 4.69) is 20.5 Å². The summed E-state index contributed by atoms with van der Waals surface area (Å²) in [6.45, 7) is 5.73. The first-order valence-electron chi connectivity index (χ1n) is 8.47. The van der Waals surface area contributed by atoms with Crippen molar-refractivity contribution in [3.05, 3.63) is 24.2 Å². The number of nitrogens with one attached hydrogen (secondary N) is 2. The van der Waals surface area contributed by atoms with Crippen molar-refractivity contribution in [3.63, 3.8) is 0 Å². The number of likely N-dealkylation sites (tertiary alicyclic amines) is 1. The number of furan rings is 1. The van der Waals surface area contributed by atoms with E-state index in [1.165, 1.54) is 19.1 Å². The van der Waals surface area contributed by atoms with Crippen LogP contribution in [0.25, 0.3) is 0 Å². The summed E-state index contributed by atoms with van der Waals surface area (Å²) in [4.78, 5) is 7.02. The molecule has 1 fully saturated rings. The van der Waals surface area contributed by atoms with Crippen LogP contribution in [0.5, 0.6) is 0 Å². The molecule has 1 saturated heterocycles. The minimum atomic E-state index is -2.98. The lowest BCUT2D eigenvalue weighted by atomic mass is 10.2. The molecule has 2 heterocycles. The van der Waals surface area contributed by atoms with E-state index in [-0.39, 0.29) is 35.8 Å². The lowest BCUT2D eigenvalue weighted by Crippen LogP contribution is -2.40. The van der Waals surface area contributed by atoms with Crippen LogP contribution in [0.4, 0.5) is 0 Å². The van der Waals surface area contributed by atoms with E-state index in [4.69, 9.17) is 4.42 Å². The molecule has 144 valence electrons. The van der Waals surface area contributed by atoms with Gasteiger partial charge in [0, 0.05) is 19.3 Å². The van der Waals surface area contributed by atoms with Crippen molar-refractivity contribution in [2.45, 2.75) is 25.8 Å². The van der Waals surface area contributed by atoms with Gasteiger partial charge in [0.15, 0.2) is 5.96 Å².